The zero-order valence-electron chi connectivity index (χ0n) is 13.4. The lowest BCUT2D eigenvalue weighted by atomic mass is 10.3. The molecule has 0 saturated heterocycles. The van der Waals surface area contributed by atoms with Gasteiger partial charge in [0.25, 0.3) is 0 Å². The van der Waals surface area contributed by atoms with Crippen molar-refractivity contribution in [1.29, 1.82) is 0 Å². The van der Waals surface area contributed by atoms with Gasteiger partial charge in [-0.15, -0.1) is 11.3 Å². The molecule has 0 radical (unpaired) electrons. The van der Waals surface area contributed by atoms with E-state index in [1.54, 1.807) is 47.3 Å². The number of ether oxygens (including phenoxy) is 1. The van der Waals surface area contributed by atoms with Crippen LogP contribution < -0.4 is 14.4 Å². The summed E-state index contributed by atoms with van der Waals surface area (Å²) in [5.41, 5.74) is 2.73. The molecular weight excluding hydrogens is 429 g/mol. The van der Waals surface area contributed by atoms with Crippen molar-refractivity contribution in [3.05, 3.63) is 69.1 Å². The number of carbonyl (C=O) groups excluding carboxylic acids is 2. The molecule has 1 N–H and O–H groups in total. The van der Waals surface area contributed by atoms with Crippen LogP contribution in [0, 0.1) is 0 Å². The summed E-state index contributed by atoms with van der Waals surface area (Å²) in [6.07, 6.45) is 0. The molecule has 0 saturated carbocycles. The number of benzene rings is 2. The number of rotatable bonds is 4. The molecule has 0 aliphatic heterocycles. The maximum atomic E-state index is 12.3. The third-order valence-corrected chi connectivity index (χ3v) is 5.03. The van der Waals surface area contributed by atoms with Gasteiger partial charge in [0.05, 0.1) is 21.2 Å². The lowest BCUT2D eigenvalue weighted by Crippen LogP contribution is -2.26. The number of hydrogen-bond donors (Lipinski definition) is 2. The van der Waals surface area contributed by atoms with E-state index in [0.29, 0.717) is 27.2 Å². The predicted molar refractivity (Wildman–Crippen MR) is 110 cm³/mol. The van der Waals surface area contributed by atoms with E-state index >= 15 is 0 Å². The number of nitrogens with zero attached hydrogens (tertiary/aromatic N) is 2. The molecule has 0 unspecified atom stereocenters. The topological polar surface area (TPSA) is 71.5 Å². The number of halogens is 2. The lowest BCUT2D eigenvalue weighted by molar-refractivity contribution is 0.0729. The summed E-state index contributed by atoms with van der Waals surface area (Å²) in [7, 11) is 0. The van der Waals surface area contributed by atoms with Gasteiger partial charge < -0.3 is 10.1 Å². The highest BCUT2D eigenvalue weighted by molar-refractivity contribution is 7.82. The Morgan fingerprint density at radius 3 is 2.48 bits per heavy atom. The van der Waals surface area contributed by atoms with Crippen molar-refractivity contribution < 1.29 is 14.3 Å². The minimum absolute atomic E-state index is 0.237. The molecule has 2 aromatic carbocycles. The standard InChI is InChI=1S/C17H11Cl2N3O3S2/c18-13-6-1-10(7-14(13)19)21-17(24)22(26)11-2-4-12(5-3-11)25-16(23)15-8-27-9-20-15/h1-9,26H,(H,21,24). The van der Waals surface area contributed by atoms with Gasteiger partial charge in [-0.05, 0) is 42.5 Å². The van der Waals surface area contributed by atoms with E-state index in [9.17, 15) is 9.59 Å². The molecule has 0 aliphatic rings. The van der Waals surface area contributed by atoms with Crippen molar-refractivity contribution in [2.75, 3.05) is 9.62 Å². The van der Waals surface area contributed by atoms with Crippen LogP contribution in [0.15, 0.2) is 53.4 Å². The zero-order chi connectivity index (χ0) is 19.4. The molecular formula is C17H11Cl2N3O3S2. The molecule has 3 aromatic rings. The average molecular weight is 440 g/mol. The Kier molecular flexibility index (Phi) is 6.22. The Morgan fingerprint density at radius 2 is 1.85 bits per heavy atom. The first-order valence-corrected chi connectivity index (χ1v) is 9.49. The monoisotopic (exact) mass is 439 g/mol. The van der Waals surface area contributed by atoms with Crippen LogP contribution in [0.4, 0.5) is 16.2 Å². The van der Waals surface area contributed by atoms with Gasteiger partial charge in [-0.2, -0.15) is 0 Å². The van der Waals surface area contributed by atoms with Crippen molar-refractivity contribution in [1.82, 2.24) is 4.98 Å². The molecule has 0 fully saturated rings. The van der Waals surface area contributed by atoms with Crippen molar-refractivity contribution in [3.8, 4) is 5.75 Å². The van der Waals surface area contributed by atoms with Crippen LogP contribution in [0.5, 0.6) is 5.75 Å². The van der Waals surface area contributed by atoms with Gasteiger partial charge in [-0.25, -0.2) is 18.9 Å². The summed E-state index contributed by atoms with van der Waals surface area (Å²) < 4.78 is 6.31. The number of nitrogens with one attached hydrogen (secondary N) is 1. The van der Waals surface area contributed by atoms with Crippen LogP contribution >= 0.6 is 47.4 Å². The van der Waals surface area contributed by atoms with Crippen LogP contribution in [-0.4, -0.2) is 17.0 Å². The molecule has 0 bridgehead atoms. The van der Waals surface area contributed by atoms with Gasteiger partial charge in [-0.3, -0.25) is 0 Å². The second-order valence-electron chi connectivity index (χ2n) is 5.13. The third kappa shape index (κ3) is 4.92. The molecule has 1 aromatic heterocycles. The Balaban J connectivity index is 1.64. The second kappa shape index (κ2) is 8.62. The molecule has 138 valence electrons. The van der Waals surface area contributed by atoms with Crippen LogP contribution in [0.25, 0.3) is 0 Å². The number of anilines is 2. The summed E-state index contributed by atoms with van der Waals surface area (Å²) in [5, 5.41) is 4.96. The van der Waals surface area contributed by atoms with Crippen LogP contribution in [0.3, 0.4) is 0 Å². The summed E-state index contributed by atoms with van der Waals surface area (Å²) >= 11 is 17.3. The van der Waals surface area contributed by atoms with E-state index in [2.05, 4.69) is 23.1 Å². The molecule has 6 nitrogen and oxygen atoms in total. The number of urea groups is 1. The minimum atomic E-state index is -0.552. The van der Waals surface area contributed by atoms with E-state index in [-0.39, 0.29) is 5.69 Å². The highest BCUT2D eigenvalue weighted by atomic mass is 35.5. The molecule has 0 spiro atoms. The highest BCUT2D eigenvalue weighted by Crippen LogP contribution is 2.26. The van der Waals surface area contributed by atoms with Gasteiger partial charge in [0.15, 0.2) is 5.69 Å². The molecule has 10 heteroatoms. The maximum absolute atomic E-state index is 12.3. The number of hydrogen-bond acceptors (Lipinski definition) is 6. The number of esters is 1. The quantitative estimate of drug-likeness (QED) is 0.317. The van der Waals surface area contributed by atoms with Gasteiger partial charge in [-0.1, -0.05) is 36.0 Å². The summed E-state index contributed by atoms with van der Waals surface area (Å²) in [6.45, 7) is 0. The number of amides is 2. The Morgan fingerprint density at radius 1 is 1.11 bits per heavy atom. The molecule has 2 amide bonds. The molecule has 3 rings (SSSR count). The van der Waals surface area contributed by atoms with Gasteiger partial charge >= 0.3 is 12.0 Å². The fraction of sp³-hybridized carbons (Fsp3) is 0. The summed E-state index contributed by atoms with van der Waals surface area (Å²) in [5.74, 6) is -0.229. The Labute approximate surface area is 174 Å². The van der Waals surface area contributed by atoms with Crippen molar-refractivity contribution in [3.63, 3.8) is 0 Å². The van der Waals surface area contributed by atoms with Gasteiger partial charge in [0.2, 0.25) is 0 Å². The fourth-order valence-corrected chi connectivity index (χ4v) is 3.00. The molecule has 0 atom stereocenters. The van der Waals surface area contributed by atoms with Crippen molar-refractivity contribution >= 4 is 70.7 Å². The van der Waals surface area contributed by atoms with E-state index in [4.69, 9.17) is 27.9 Å². The number of aromatic nitrogens is 1. The third-order valence-electron chi connectivity index (χ3n) is 3.30. The highest BCUT2D eigenvalue weighted by Gasteiger charge is 2.14. The van der Waals surface area contributed by atoms with Crippen molar-refractivity contribution in [2.45, 2.75) is 0 Å². The van der Waals surface area contributed by atoms with Crippen LogP contribution in [0.2, 0.25) is 10.0 Å². The van der Waals surface area contributed by atoms with Crippen LogP contribution in [-0.2, 0) is 0 Å². The summed E-state index contributed by atoms with van der Waals surface area (Å²) in [6, 6.07) is 10.5. The fourth-order valence-electron chi connectivity index (χ4n) is 2.00. The van der Waals surface area contributed by atoms with Gasteiger partial charge in [0, 0.05) is 11.1 Å². The Hall–Kier alpha value is -2.26. The minimum Gasteiger partial charge on any atom is -0.422 e. The lowest BCUT2D eigenvalue weighted by Gasteiger charge is -2.17. The van der Waals surface area contributed by atoms with Gasteiger partial charge in [0.1, 0.15) is 5.75 Å². The predicted octanol–water partition coefficient (Wildman–Crippen LogP) is 5.55. The SMILES string of the molecule is O=C(Oc1ccc(N(S)C(=O)Nc2ccc(Cl)c(Cl)c2)cc1)c1cscn1. The first-order chi connectivity index (χ1) is 12.9. The van der Waals surface area contributed by atoms with E-state index < -0.39 is 12.0 Å². The first kappa shape index (κ1) is 19.5. The average Bonchev–Trinajstić information content (AvgIpc) is 3.20. The number of thiol groups is 1. The largest absolute Gasteiger partial charge is 0.422 e. The molecule has 1 heterocycles. The molecule has 27 heavy (non-hydrogen) atoms. The van der Waals surface area contributed by atoms with E-state index in [1.165, 1.54) is 17.4 Å². The number of thiazole rings is 1. The normalized spacial score (nSPS) is 10.3. The second-order valence-corrected chi connectivity index (χ2v) is 7.06. The van der Waals surface area contributed by atoms with E-state index in [0.717, 1.165) is 4.31 Å². The summed E-state index contributed by atoms with van der Waals surface area (Å²) in [4.78, 5) is 28.1. The number of carbonyl (C=O) groups is 2. The zero-order valence-corrected chi connectivity index (χ0v) is 16.6. The van der Waals surface area contributed by atoms with Crippen molar-refractivity contribution in [2.24, 2.45) is 0 Å². The first-order valence-electron chi connectivity index (χ1n) is 7.39. The smallest absolute Gasteiger partial charge is 0.363 e. The van der Waals surface area contributed by atoms with E-state index in [1.807, 2.05) is 0 Å². The van der Waals surface area contributed by atoms with Crippen LogP contribution in [0.1, 0.15) is 10.5 Å². The molecule has 0 aliphatic carbocycles. The maximum Gasteiger partial charge on any atom is 0.363 e. The Bertz CT molecular complexity index is 966.